The van der Waals surface area contributed by atoms with Gasteiger partial charge in [-0.15, -0.1) is 0 Å². The minimum absolute atomic E-state index is 0.243. The number of nitrogens with two attached hydrogens (primary N) is 1. The third kappa shape index (κ3) is 3.19. The van der Waals surface area contributed by atoms with Gasteiger partial charge >= 0.3 is 0 Å². The predicted molar refractivity (Wildman–Crippen MR) is 73.7 cm³/mol. The zero-order chi connectivity index (χ0) is 13.1. The van der Waals surface area contributed by atoms with Gasteiger partial charge in [-0.25, -0.2) is 0 Å². The fraction of sp³-hybridized carbons (Fsp3) is 0.733. The molecule has 2 N–H and O–H groups in total. The molecule has 3 rings (SSSR count). The van der Waals surface area contributed by atoms with Crippen molar-refractivity contribution in [1.82, 2.24) is 4.90 Å². The number of rotatable bonds is 6. The van der Waals surface area contributed by atoms with Crippen molar-refractivity contribution in [2.24, 2.45) is 11.1 Å². The number of hydrogen-bond acceptors (Lipinski definition) is 4. The first-order valence-electron chi connectivity index (χ1n) is 7.36. The van der Waals surface area contributed by atoms with Crippen LogP contribution in [0.4, 0.5) is 0 Å². The first-order valence-corrected chi connectivity index (χ1v) is 7.36. The lowest BCUT2D eigenvalue weighted by Gasteiger charge is -2.40. The highest BCUT2D eigenvalue weighted by Gasteiger charge is 2.38. The predicted octanol–water partition coefficient (Wildman–Crippen LogP) is 2.00. The summed E-state index contributed by atoms with van der Waals surface area (Å²) in [6.45, 7) is 4.48. The van der Waals surface area contributed by atoms with Gasteiger partial charge in [-0.05, 0) is 49.8 Å². The topological polar surface area (TPSA) is 51.6 Å². The van der Waals surface area contributed by atoms with E-state index >= 15 is 0 Å². The molecule has 1 aromatic heterocycles. The maximum Gasteiger partial charge on any atom is 0.117 e. The molecule has 4 heteroatoms. The molecule has 1 aliphatic heterocycles. The number of ether oxygens (including phenoxy) is 1. The van der Waals surface area contributed by atoms with Crippen molar-refractivity contribution in [2.45, 2.75) is 38.3 Å². The van der Waals surface area contributed by atoms with Crippen molar-refractivity contribution in [3.05, 3.63) is 24.2 Å². The highest BCUT2D eigenvalue weighted by Crippen LogP contribution is 2.36. The molecule has 0 spiro atoms. The molecule has 0 bridgehead atoms. The van der Waals surface area contributed by atoms with Gasteiger partial charge in [0.2, 0.25) is 0 Å². The summed E-state index contributed by atoms with van der Waals surface area (Å²) in [5, 5.41) is 0. The lowest BCUT2D eigenvalue weighted by molar-refractivity contribution is -0.00403. The van der Waals surface area contributed by atoms with E-state index in [1.54, 1.807) is 6.26 Å². The Morgan fingerprint density at radius 2 is 2.11 bits per heavy atom. The molecule has 2 fully saturated rings. The van der Waals surface area contributed by atoms with Crippen LogP contribution in [0.15, 0.2) is 22.8 Å². The van der Waals surface area contributed by atoms with E-state index in [1.165, 1.54) is 12.8 Å². The largest absolute Gasteiger partial charge is 0.468 e. The van der Waals surface area contributed by atoms with Gasteiger partial charge in [-0.1, -0.05) is 0 Å². The zero-order valence-electron chi connectivity index (χ0n) is 11.5. The van der Waals surface area contributed by atoms with Crippen LogP contribution in [0.5, 0.6) is 0 Å². The van der Waals surface area contributed by atoms with E-state index in [2.05, 4.69) is 11.0 Å². The summed E-state index contributed by atoms with van der Waals surface area (Å²) in [7, 11) is 0. The molecule has 2 heterocycles. The molecule has 1 aliphatic carbocycles. The number of nitrogens with zero attached hydrogens (tertiary/aromatic N) is 1. The first kappa shape index (κ1) is 13.2. The van der Waals surface area contributed by atoms with E-state index in [4.69, 9.17) is 14.9 Å². The maximum absolute atomic E-state index is 6.07. The Kier molecular flexibility index (Phi) is 3.91. The fourth-order valence-corrected chi connectivity index (χ4v) is 3.02. The highest BCUT2D eigenvalue weighted by atomic mass is 16.5. The van der Waals surface area contributed by atoms with Crippen molar-refractivity contribution in [2.75, 3.05) is 26.3 Å². The molecule has 1 saturated carbocycles. The Morgan fingerprint density at radius 3 is 2.68 bits per heavy atom. The molecule has 0 radical (unpaired) electrons. The molecular formula is C15H24N2O2. The van der Waals surface area contributed by atoms with E-state index in [0.717, 1.165) is 57.5 Å². The van der Waals surface area contributed by atoms with Crippen LogP contribution in [0.25, 0.3) is 0 Å². The molecule has 19 heavy (non-hydrogen) atoms. The molecule has 2 aliphatic rings. The summed E-state index contributed by atoms with van der Waals surface area (Å²) < 4.78 is 11.0. The smallest absolute Gasteiger partial charge is 0.117 e. The van der Waals surface area contributed by atoms with Crippen molar-refractivity contribution in [1.29, 1.82) is 0 Å². The van der Waals surface area contributed by atoms with E-state index in [-0.39, 0.29) is 5.41 Å². The number of hydrogen-bond donors (Lipinski definition) is 1. The molecule has 1 aromatic rings. The second-order valence-electron chi connectivity index (χ2n) is 6.03. The van der Waals surface area contributed by atoms with E-state index in [0.29, 0.717) is 0 Å². The van der Waals surface area contributed by atoms with Gasteiger partial charge in [0.15, 0.2) is 0 Å². The number of furan rings is 1. The van der Waals surface area contributed by atoms with E-state index < -0.39 is 0 Å². The molecule has 1 saturated heterocycles. The summed E-state index contributed by atoms with van der Waals surface area (Å²) in [6.07, 6.45) is 6.57. The molecule has 0 amide bonds. The second kappa shape index (κ2) is 5.65. The quantitative estimate of drug-likeness (QED) is 0.854. The van der Waals surface area contributed by atoms with Crippen LogP contribution in [0, 0.1) is 5.41 Å². The fourth-order valence-electron chi connectivity index (χ4n) is 3.02. The van der Waals surface area contributed by atoms with Crippen LogP contribution in [-0.2, 0) is 11.3 Å². The lowest BCUT2D eigenvalue weighted by atomic mass is 9.79. The highest BCUT2D eigenvalue weighted by molar-refractivity contribution is 5.01. The Hall–Kier alpha value is -0.840. The van der Waals surface area contributed by atoms with Gasteiger partial charge in [0.1, 0.15) is 5.76 Å². The normalized spacial score (nSPS) is 22.8. The summed E-state index contributed by atoms with van der Waals surface area (Å²) in [4.78, 5) is 2.57. The van der Waals surface area contributed by atoms with Crippen molar-refractivity contribution < 1.29 is 9.15 Å². The minimum atomic E-state index is 0.243. The third-order valence-electron chi connectivity index (χ3n) is 4.53. The van der Waals surface area contributed by atoms with Crippen LogP contribution >= 0.6 is 0 Å². The summed E-state index contributed by atoms with van der Waals surface area (Å²) >= 11 is 0. The Bertz CT molecular complexity index is 381. The Morgan fingerprint density at radius 1 is 1.32 bits per heavy atom. The minimum Gasteiger partial charge on any atom is -0.468 e. The van der Waals surface area contributed by atoms with Gasteiger partial charge in [0.05, 0.1) is 12.8 Å². The van der Waals surface area contributed by atoms with Gasteiger partial charge < -0.3 is 14.9 Å². The third-order valence-corrected chi connectivity index (χ3v) is 4.53. The Balaban J connectivity index is 1.66. The summed E-state index contributed by atoms with van der Waals surface area (Å²) in [6, 6.07) is 4.76. The molecule has 4 nitrogen and oxygen atoms in total. The van der Waals surface area contributed by atoms with Crippen molar-refractivity contribution >= 4 is 0 Å². The van der Waals surface area contributed by atoms with Crippen LogP contribution in [-0.4, -0.2) is 37.2 Å². The maximum atomic E-state index is 6.07. The standard InChI is InChI=1S/C15H24N2O2/c16-11-15(5-8-18-9-6-15)12-17(13-3-4-13)10-14-2-1-7-19-14/h1-2,7,13H,3-6,8-12,16H2. The monoisotopic (exact) mass is 264 g/mol. The van der Waals surface area contributed by atoms with Gasteiger partial charge in [-0.2, -0.15) is 0 Å². The average Bonchev–Trinajstić information content (AvgIpc) is 3.18. The summed E-state index contributed by atoms with van der Waals surface area (Å²) in [5.74, 6) is 1.06. The average molecular weight is 264 g/mol. The van der Waals surface area contributed by atoms with Crippen LogP contribution in [0.3, 0.4) is 0 Å². The van der Waals surface area contributed by atoms with Crippen LogP contribution in [0.1, 0.15) is 31.4 Å². The van der Waals surface area contributed by atoms with Gasteiger partial charge in [0.25, 0.3) is 0 Å². The first-order chi connectivity index (χ1) is 9.31. The van der Waals surface area contributed by atoms with E-state index in [1.807, 2.05) is 6.07 Å². The molecule has 106 valence electrons. The van der Waals surface area contributed by atoms with Gasteiger partial charge in [-0.3, -0.25) is 4.90 Å². The molecular weight excluding hydrogens is 240 g/mol. The molecule has 0 unspecified atom stereocenters. The SMILES string of the molecule is NCC1(CN(Cc2ccco2)C2CC2)CCOCC1. The lowest BCUT2D eigenvalue weighted by Crippen LogP contribution is -2.46. The van der Waals surface area contributed by atoms with Crippen molar-refractivity contribution in [3.8, 4) is 0 Å². The summed E-state index contributed by atoms with van der Waals surface area (Å²) in [5.41, 5.74) is 6.32. The van der Waals surface area contributed by atoms with Crippen LogP contribution in [0.2, 0.25) is 0 Å². The Labute approximate surface area is 114 Å². The molecule has 0 atom stereocenters. The van der Waals surface area contributed by atoms with Crippen molar-refractivity contribution in [3.63, 3.8) is 0 Å². The van der Waals surface area contributed by atoms with E-state index in [9.17, 15) is 0 Å². The molecule has 0 aromatic carbocycles. The second-order valence-corrected chi connectivity index (χ2v) is 6.03. The van der Waals surface area contributed by atoms with Crippen LogP contribution < -0.4 is 5.73 Å². The zero-order valence-corrected chi connectivity index (χ0v) is 11.5. The van der Waals surface area contributed by atoms with Gasteiger partial charge in [0, 0.05) is 25.8 Å².